The van der Waals surface area contributed by atoms with Gasteiger partial charge in [-0.25, -0.2) is 0 Å². The van der Waals surface area contributed by atoms with Gasteiger partial charge in [-0.2, -0.15) is 0 Å². The van der Waals surface area contributed by atoms with Crippen molar-refractivity contribution in [3.8, 4) is 5.75 Å². The van der Waals surface area contributed by atoms with Gasteiger partial charge in [0.2, 0.25) is 0 Å². The molecular weight excluding hydrogens is 176 g/mol. The maximum atomic E-state index is 5.51. The second kappa shape index (κ2) is 5.62. The van der Waals surface area contributed by atoms with Gasteiger partial charge < -0.3 is 15.8 Å². The van der Waals surface area contributed by atoms with E-state index in [0.29, 0.717) is 12.6 Å². The van der Waals surface area contributed by atoms with Crippen LogP contribution in [-0.2, 0) is 6.54 Å². The van der Waals surface area contributed by atoms with Crippen LogP contribution < -0.4 is 15.8 Å². The van der Waals surface area contributed by atoms with Crippen LogP contribution in [0.15, 0.2) is 24.3 Å². The first-order valence-electron chi connectivity index (χ1n) is 4.83. The molecule has 1 rings (SSSR count). The van der Waals surface area contributed by atoms with E-state index in [1.54, 1.807) is 7.11 Å². The molecule has 0 fully saturated rings. The molecule has 0 heterocycles. The molecule has 0 aromatic heterocycles. The fourth-order valence-corrected chi connectivity index (χ4v) is 1.22. The number of hydrogen-bond donors (Lipinski definition) is 2. The zero-order valence-corrected chi connectivity index (χ0v) is 8.79. The molecule has 0 amide bonds. The van der Waals surface area contributed by atoms with Crippen molar-refractivity contribution in [3.63, 3.8) is 0 Å². The smallest absolute Gasteiger partial charge is 0.123 e. The number of hydrogen-bond acceptors (Lipinski definition) is 3. The van der Waals surface area contributed by atoms with Crippen molar-refractivity contribution in [1.82, 2.24) is 5.32 Å². The average Bonchev–Trinajstić information content (AvgIpc) is 2.26. The third-order valence-corrected chi connectivity index (χ3v) is 2.19. The molecule has 0 spiro atoms. The van der Waals surface area contributed by atoms with Gasteiger partial charge >= 0.3 is 0 Å². The first kappa shape index (κ1) is 11.0. The van der Waals surface area contributed by atoms with Crippen LogP contribution in [0.1, 0.15) is 12.5 Å². The second-order valence-corrected chi connectivity index (χ2v) is 3.33. The number of ether oxygens (including phenoxy) is 1. The minimum Gasteiger partial charge on any atom is -0.496 e. The number of para-hydroxylation sites is 1. The summed E-state index contributed by atoms with van der Waals surface area (Å²) in [7, 11) is 1.69. The topological polar surface area (TPSA) is 47.3 Å². The van der Waals surface area contributed by atoms with E-state index < -0.39 is 0 Å². The van der Waals surface area contributed by atoms with Gasteiger partial charge in [0.05, 0.1) is 7.11 Å². The summed E-state index contributed by atoms with van der Waals surface area (Å²) in [5.74, 6) is 0.921. The van der Waals surface area contributed by atoms with Crippen molar-refractivity contribution in [1.29, 1.82) is 0 Å². The quantitative estimate of drug-likeness (QED) is 0.738. The Balaban J connectivity index is 2.57. The van der Waals surface area contributed by atoms with Crippen molar-refractivity contribution < 1.29 is 4.74 Å². The van der Waals surface area contributed by atoms with Crippen molar-refractivity contribution in [2.75, 3.05) is 13.7 Å². The van der Waals surface area contributed by atoms with Gasteiger partial charge in [-0.3, -0.25) is 0 Å². The van der Waals surface area contributed by atoms with E-state index in [-0.39, 0.29) is 0 Å². The van der Waals surface area contributed by atoms with Crippen LogP contribution in [0, 0.1) is 0 Å². The van der Waals surface area contributed by atoms with Gasteiger partial charge in [0.25, 0.3) is 0 Å². The zero-order valence-electron chi connectivity index (χ0n) is 8.79. The lowest BCUT2D eigenvalue weighted by Gasteiger charge is -2.13. The fraction of sp³-hybridized carbons (Fsp3) is 0.455. The van der Waals surface area contributed by atoms with Crippen LogP contribution in [0.3, 0.4) is 0 Å². The van der Waals surface area contributed by atoms with Crippen LogP contribution in [0.25, 0.3) is 0 Å². The second-order valence-electron chi connectivity index (χ2n) is 3.33. The molecule has 1 aromatic rings. The van der Waals surface area contributed by atoms with E-state index in [2.05, 4.69) is 18.3 Å². The van der Waals surface area contributed by atoms with E-state index in [0.717, 1.165) is 17.9 Å². The minimum absolute atomic E-state index is 0.333. The lowest BCUT2D eigenvalue weighted by Crippen LogP contribution is -2.32. The molecule has 0 bridgehead atoms. The number of nitrogens with two attached hydrogens (primary N) is 1. The van der Waals surface area contributed by atoms with Gasteiger partial charge in [0, 0.05) is 24.7 Å². The Bertz CT molecular complexity index is 276. The monoisotopic (exact) mass is 194 g/mol. The molecule has 14 heavy (non-hydrogen) atoms. The van der Waals surface area contributed by atoms with Crippen molar-refractivity contribution >= 4 is 0 Å². The highest BCUT2D eigenvalue weighted by atomic mass is 16.5. The lowest BCUT2D eigenvalue weighted by molar-refractivity contribution is 0.406. The third-order valence-electron chi connectivity index (χ3n) is 2.19. The third kappa shape index (κ3) is 3.01. The van der Waals surface area contributed by atoms with Crippen molar-refractivity contribution in [2.45, 2.75) is 19.5 Å². The molecule has 3 N–H and O–H groups in total. The molecule has 78 valence electrons. The van der Waals surface area contributed by atoms with Gasteiger partial charge in [0.15, 0.2) is 0 Å². The maximum absolute atomic E-state index is 5.51. The predicted octanol–water partition coefficient (Wildman–Crippen LogP) is 1.13. The van der Waals surface area contributed by atoms with E-state index >= 15 is 0 Å². The van der Waals surface area contributed by atoms with Crippen LogP contribution in [-0.4, -0.2) is 19.7 Å². The Labute approximate surface area is 85.3 Å². The highest BCUT2D eigenvalue weighted by Crippen LogP contribution is 2.16. The van der Waals surface area contributed by atoms with Crippen LogP contribution in [0.4, 0.5) is 0 Å². The summed E-state index contributed by atoms with van der Waals surface area (Å²) in [6.45, 7) is 3.51. The van der Waals surface area contributed by atoms with Crippen LogP contribution >= 0.6 is 0 Å². The molecule has 1 atom stereocenters. The van der Waals surface area contributed by atoms with E-state index in [1.807, 2.05) is 18.2 Å². The summed E-state index contributed by atoms with van der Waals surface area (Å²) in [6, 6.07) is 8.32. The lowest BCUT2D eigenvalue weighted by atomic mass is 10.2. The number of methoxy groups -OCH3 is 1. The van der Waals surface area contributed by atoms with Crippen molar-refractivity contribution in [3.05, 3.63) is 29.8 Å². The molecule has 0 aliphatic rings. The highest BCUT2D eigenvalue weighted by molar-refractivity contribution is 5.32. The van der Waals surface area contributed by atoms with Gasteiger partial charge in [0.1, 0.15) is 5.75 Å². The molecule has 0 unspecified atom stereocenters. The molecule has 0 aliphatic heterocycles. The molecule has 0 aliphatic carbocycles. The standard InChI is InChI=1S/C11H18N2O/c1-9(7-12)13-8-10-5-3-4-6-11(10)14-2/h3-6,9,13H,7-8,12H2,1-2H3/t9-/m1/s1. The summed E-state index contributed by atoms with van der Waals surface area (Å²) < 4.78 is 5.24. The summed E-state index contributed by atoms with van der Waals surface area (Å²) in [4.78, 5) is 0. The molecule has 3 nitrogen and oxygen atoms in total. The van der Waals surface area contributed by atoms with Crippen molar-refractivity contribution in [2.24, 2.45) is 5.73 Å². The highest BCUT2D eigenvalue weighted by Gasteiger charge is 2.02. The Morgan fingerprint density at radius 2 is 2.14 bits per heavy atom. The SMILES string of the molecule is COc1ccccc1CN[C@H](C)CN. The Morgan fingerprint density at radius 3 is 2.79 bits per heavy atom. The van der Waals surface area contributed by atoms with Crippen LogP contribution in [0.2, 0.25) is 0 Å². The van der Waals surface area contributed by atoms with Crippen LogP contribution in [0.5, 0.6) is 5.75 Å². The minimum atomic E-state index is 0.333. The molecule has 3 heteroatoms. The molecule has 0 radical (unpaired) electrons. The molecule has 1 aromatic carbocycles. The fourth-order valence-electron chi connectivity index (χ4n) is 1.22. The number of rotatable bonds is 5. The summed E-state index contributed by atoms with van der Waals surface area (Å²) >= 11 is 0. The Hall–Kier alpha value is -1.06. The van der Waals surface area contributed by atoms with E-state index in [9.17, 15) is 0 Å². The summed E-state index contributed by atoms with van der Waals surface area (Å²) in [5, 5.41) is 3.32. The largest absolute Gasteiger partial charge is 0.496 e. The van der Waals surface area contributed by atoms with Gasteiger partial charge in [-0.05, 0) is 13.0 Å². The Kier molecular flexibility index (Phi) is 4.43. The summed E-state index contributed by atoms with van der Waals surface area (Å²) in [5.41, 5.74) is 6.68. The number of nitrogens with one attached hydrogen (secondary N) is 1. The first-order valence-corrected chi connectivity index (χ1v) is 4.83. The predicted molar refractivity (Wildman–Crippen MR) is 58.4 cm³/mol. The molecule has 0 saturated heterocycles. The first-order chi connectivity index (χ1) is 6.77. The maximum Gasteiger partial charge on any atom is 0.123 e. The van der Waals surface area contributed by atoms with E-state index in [4.69, 9.17) is 10.5 Å². The van der Waals surface area contributed by atoms with Gasteiger partial charge in [-0.15, -0.1) is 0 Å². The average molecular weight is 194 g/mol. The Morgan fingerprint density at radius 1 is 1.43 bits per heavy atom. The summed E-state index contributed by atoms with van der Waals surface area (Å²) in [6.07, 6.45) is 0. The van der Waals surface area contributed by atoms with Gasteiger partial charge in [-0.1, -0.05) is 18.2 Å². The van der Waals surface area contributed by atoms with E-state index in [1.165, 1.54) is 0 Å². The normalized spacial score (nSPS) is 12.5. The zero-order chi connectivity index (χ0) is 10.4. The number of benzene rings is 1. The molecular formula is C11H18N2O. The molecule has 0 saturated carbocycles.